The molecule has 11 heavy (non-hydrogen) atoms. The Hall–Kier alpha value is -1.52. The second-order valence-corrected chi connectivity index (χ2v) is 2.00. The van der Waals surface area contributed by atoms with Crippen molar-refractivity contribution in [3.8, 4) is 0 Å². The lowest BCUT2D eigenvalue weighted by Crippen LogP contribution is -2.28. The number of nitrogens with two attached hydrogens (primary N) is 1. The van der Waals surface area contributed by atoms with Gasteiger partial charge >= 0.3 is 5.97 Å². The molecule has 1 amide bonds. The van der Waals surface area contributed by atoms with Crippen LogP contribution < -0.4 is 11.1 Å². The Morgan fingerprint density at radius 2 is 2.18 bits per heavy atom. The molecule has 0 bridgehead atoms. The monoisotopic (exact) mass is 158 g/mol. The fourth-order valence-corrected chi connectivity index (χ4v) is 0.421. The van der Waals surface area contributed by atoms with Crippen LogP contribution in [-0.2, 0) is 9.59 Å². The quantitative estimate of drug-likeness (QED) is 0.462. The number of carbonyl (C=O) groups excluding carboxylic acids is 1. The summed E-state index contributed by atoms with van der Waals surface area (Å²) in [6.07, 6.45) is 1.13. The standard InChI is InChI=1S/C6H10N2O3/c1-4(7)2-5(9)8-3-6(10)11/h2H,3,7H2,1H3,(H,8,9)(H,10,11)/b4-2-. The molecule has 0 aliphatic carbocycles. The lowest BCUT2D eigenvalue weighted by molar-refractivity contribution is -0.137. The van der Waals surface area contributed by atoms with Crippen molar-refractivity contribution in [1.82, 2.24) is 5.32 Å². The van der Waals surface area contributed by atoms with Gasteiger partial charge in [-0.05, 0) is 6.92 Å². The first-order valence-electron chi connectivity index (χ1n) is 2.95. The van der Waals surface area contributed by atoms with E-state index >= 15 is 0 Å². The van der Waals surface area contributed by atoms with Crippen molar-refractivity contribution in [3.63, 3.8) is 0 Å². The van der Waals surface area contributed by atoms with Crippen LogP contribution in [0.4, 0.5) is 0 Å². The van der Waals surface area contributed by atoms with Crippen LogP contribution in [0, 0.1) is 0 Å². The predicted molar refractivity (Wildman–Crippen MR) is 38.6 cm³/mol. The third-order valence-electron chi connectivity index (χ3n) is 0.773. The van der Waals surface area contributed by atoms with Crippen molar-refractivity contribution in [2.24, 2.45) is 5.73 Å². The van der Waals surface area contributed by atoms with Gasteiger partial charge in [-0.3, -0.25) is 9.59 Å². The van der Waals surface area contributed by atoms with Crippen LogP contribution in [0.2, 0.25) is 0 Å². The third-order valence-corrected chi connectivity index (χ3v) is 0.773. The molecule has 0 rings (SSSR count). The number of nitrogens with one attached hydrogen (secondary N) is 1. The van der Waals surface area contributed by atoms with E-state index in [0.717, 1.165) is 6.08 Å². The average molecular weight is 158 g/mol. The van der Waals surface area contributed by atoms with E-state index in [1.807, 2.05) is 0 Å². The highest BCUT2D eigenvalue weighted by Crippen LogP contribution is 1.78. The molecule has 0 aromatic heterocycles. The number of carbonyl (C=O) groups is 2. The van der Waals surface area contributed by atoms with E-state index in [-0.39, 0.29) is 6.54 Å². The SMILES string of the molecule is C/C(N)=C/C(=O)NCC(=O)O. The Morgan fingerprint density at radius 3 is 2.55 bits per heavy atom. The maximum atomic E-state index is 10.6. The van der Waals surface area contributed by atoms with Crippen molar-refractivity contribution in [1.29, 1.82) is 0 Å². The summed E-state index contributed by atoms with van der Waals surface area (Å²) in [5.74, 6) is -1.58. The van der Waals surface area contributed by atoms with Gasteiger partial charge in [0.05, 0.1) is 0 Å². The maximum Gasteiger partial charge on any atom is 0.322 e. The molecule has 0 radical (unpaired) electrons. The summed E-state index contributed by atoms with van der Waals surface area (Å²) in [6, 6.07) is 0. The van der Waals surface area contributed by atoms with Gasteiger partial charge in [-0.15, -0.1) is 0 Å². The molecular weight excluding hydrogens is 148 g/mol. The minimum absolute atomic E-state index is 0.341. The summed E-state index contributed by atoms with van der Waals surface area (Å²) in [7, 11) is 0. The number of aliphatic carboxylic acids is 1. The summed E-state index contributed by atoms with van der Waals surface area (Å²) >= 11 is 0. The molecule has 0 heterocycles. The highest BCUT2D eigenvalue weighted by Gasteiger charge is 1.98. The van der Waals surface area contributed by atoms with Gasteiger partial charge in [0.15, 0.2) is 0 Å². The van der Waals surface area contributed by atoms with Crippen LogP contribution in [0.5, 0.6) is 0 Å². The van der Waals surface area contributed by atoms with E-state index in [1.54, 1.807) is 6.92 Å². The number of carboxylic acid groups (broad SMARTS) is 1. The van der Waals surface area contributed by atoms with E-state index in [1.165, 1.54) is 0 Å². The Kier molecular flexibility index (Phi) is 3.72. The van der Waals surface area contributed by atoms with Gasteiger partial charge in [0.25, 0.3) is 0 Å². The van der Waals surface area contributed by atoms with Crippen LogP contribution >= 0.6 is 0 Å². The summed E-state index contributed by atoms with van der Waals surface area (Å²) < 4.78 is 0. The van der Waals surface area contributed by atoms with Crippen LogP contribution in [0.3, 0.4) is 0 Å². The lowest BCUT2D eigenvalue weighted by Gasteiger charge is -1.96. The molecule has 4 N–H and O–H groups in total. The highest BCUT2D eigenvalue weighted by molar-refractivity contribution is 5.90. The molecule has 0 saturated heterocycles. The predicted octanol–water partition coefficient (Wildman–Crippen LogP) is -0.950. The van der Waals surface area contributed by atoms with E-state index in [2.05, 4.69) is 5.32 Å². The zero-order valence-corrected chi connectivity index (χ0v) is 6.13. The molecule has 0 saturated carbocycles. The number of hydrogen-bond acceptors (Lipinski definition) is 3. The fraction of sp³-hybridized carbons (Fsp3) is 0.333. The van der Waals surface area contributed by atoms with E-state index < -0.39 is 11.9 Å². The number of carboxylic acids is 1. The molecule has 0 spiro atoms. The Balaban J connectivity index is 3.71. The van der Waals surface area contributed by atoms with Crippen LogP contribution in [0.15, 0.2) is 11.8 Å². The molecule has 0 unspecified atom stereocenters. The van der Waals surface area contributed by atoms with Crippen molar-refractivity contribution in [3.05, 3.63) is 11.8 Å². The van der Waals surface area contributed by atoms with Gasteiger partial charge in [0.1, 0.15) is 6.54 Å². The summed E-state index contributed by atoms with van der Waals surface area (Å²) in [4.78, 5) is 20.5. The van der Waals surface area contributed by atoms with Crippen LogP contribution in [0.25, 0.3) is 0 Å². The van der Waals surface area contributed by atoms with E-state index in [0.29, 0.717) is 5.70 Å². The first kappa shape index (κ1) is 9.48. The Morgan fingerprint density at radius 1 is 1.64 bits per heavy atom. The van der Waals surface area contributed by atoms with Crippen LogP contribution in [0.1, 0.15) is 6.92 Å². The number of rotatable bonds is 3. The maximum absolute atomic E-state index is 10.6. The van der Waals surface area contributed by atoms with Crippen LogP contribution in [-0.4, -0.2) is 23.5 Å². The third kappa shape index (κ3) is 6.36. The molecule has 0 atom stereocenters. The smallest absolute Gasteiger partial charge is 0.322 e. The van der Waals surface area contributed by atoms with Crippen molar-refractivity contribution in [2.45, 2.75) is 6.92 Å². The second-order valence-electron chi connectivity index (χ2n) is 2.00. The zero-order chi connectivity index (χ0) is 8.85. The van der Waals surface area contributed by atoms with Gasteiger partial charge < -0.3 is 16.2 Å². The number of hydrogen-bond donors (Lipinski definition) is 3. The molecule has 0 aliphatic rings. The number of allylic oxidation sites excluding steroid dienone is 1. The molecule has 62 valence electrons. The summed E-state index contributed by atoms with van der Waals surface area (Å²) in [5, 5.41) is 10.2. The lowest BCUT2D eigenvalue weighted by atomic mass is 10.4. The molecule has 5 heteroatoms. The molecule has 0 aromatic carbocycles. The first-order chi connectivity index (χ1) is 5.02. The zero-order valence-electron chi connectivity index (χ0n) is 6.13. The largest absolute Gasteiger partial charge is 0.480 e. The van der Waals surface area contributed by atoms with Gasteiger partial charge in [-0.1, -0.05) is 0 Å². The first-order valence-corrected chi connectivity index (χ1v) is 2.95. The topological polar surface area (TPSA) is 92.4 Å². The number of amides is 1. The summed E-state index contributed by atoms with van der Waals surface area (Å²) in [6.45, 7) is 1.16. The molecule has 0 aliphatic heterocycles. The average Bonchev–Trinajstić information content (AvgIpc) is 1.82. The second kappa shape index (κ2) is 4.32. The normalized spacial score (nSPS) is 10.8. The minimum Gasteiger partial charge on any atom is -0.480 e. The highest BCUT2D eigenvalue weighted by atomic mass is 16.4. The molecular formula is C6H10N2O3. The van der Waals surface area contributed by atoms with E-state index in [4.69, 9.17) is 10.8 Å². The fourth-order valence-electron chi connectivity index (χ4n) is 0.421. The Labute approximate surface area is 63.9 Å². The minimum atomic E-state index is -1.08. The van der Waals surface area contributed by atoms with Gasteiger partial charge in [0, 0.05) is 11.8 Å². The van der Waals surface area contributed by atoms with Gasteiger partial charge in [-0.25, -0.2) is 0 Å². The van der Waals surface area contributed by atoms with Crippen molar-refractivity contribution < 1.29 is 14.7 Å². The van der Waals surface area contributed by atoms with Crippen molar-refractivity contribution >= 4 is 11.9 Å². The van der Waals surface area contributed by atoms with E-state index in [9.17, 15) is 9.59 Å². The van der Waals surface area contributed by atoms with Crippen molar-refractivity contribution in [2.75, 3.05) is 6.54 Å². The van der Waals surface area contributed by atoms with Gasteiger partial charge in [0.2, 0.25) is 5.91 Å². The summed E-state index contributed by atoms with van der Waals surface area (Å²) in [5.41, 5.74) is 5.49. The Bertz CT molecular complexity index is 194. The molecule has 5 nitrogen and oxygen atoms in total. The molecule has 0 fully saturated rings. The van der Waals surface area contributed by atoms with Gasteiger partial charge in [-0.2, -0.15) is 0 Å². The molecule has 0 aromatic rings.